The van der Waals surface area contributed by atoms with Crippen LogP contribution in [0.4, 0.5) is 5.69 Å². The van der Waals surface area contributed by atoms with E-state index in [1.54, 1.807) is 30.3 Å². The number of carboxylic acids is 2. The van der Waals surface area contributed by atoms with Gasteiger partial charge >= 0.3 is 11.9 Å². The van der Waals surface area contributed by atoms with Crippen molar-refractivity contribution in [1.29, 1.82) is 0 Å². The summed E-state index contributed by atoms with van der Waals surface area (Å²) in [6, 6.07) is 18.4. The highest BCUT2D eigenvalue weighted by Gasteiger charge is 2.45. The first-order valence-corrected chi connectivity index (χ1v) is 16.0. The number of carboxylic acid groups (broad SMARTS) is 2. The third kappa shape index (κ3) is 9.13. The Bertz CT molecular complexity index is 1600. The van der Waals surface area contributed by atoms with Gasteiger partial charge < -0.3 is 31.5 Å². The van der Waals surface area contributed by atoms with E-state index in [4.69, 9.17) is 5.11 Å². The zero-order valence-electron chi connectivity index (χ0n) is 26.3. The summed E-state index contributed by atoms with van der Waals surface area (Å²) in [5.74, 6) is -3.42. The number of hydrogen-bond donors (Lipinski definition) is 7. The zero-order valence-corrected chi connectivity index (χ0v) is 27.2. The Morgan fingerprint density at radius 2 is 1.53 bits per heavy atom. The molecule has 3 amide bonds. The highest BCUT2D eigenvalue weighted by molar-refractivity contribution is 7.80. The molecule has 11 nitrogen and oxygen atoms in total. The fraction of sp³-hybridized carbons (Fsp3) is 0.343. The van der Waals surface area contributed by atoms with Gasteiger partial charge in [0.15, 0.2) is 0 Å². The number of hydrogen-bond acceptors (Lipinski definition) is 7. The van der Waals surface area contributed by atoms with Crippen LogP contribution in [-0.2, 0) is 33.6 Å². The third-order valence-electron chi connectivity index (χ3n) is 8.06. The van der Waals surface area contributed by atoms with Crippen LogP contribution in [0.3, 0.4) is 0 Å². The Kier molecular flexibility index (Phi) is 11.7. The number of aromatic carboxylic acids is 2. The van der Waals surface area contributed by atoms with Crippen molar-refractivity contribution in [2.75, 3.05) is 17.6 Å². The van der Waals surface area contributed by atoms with Gasteiger partial charge in [0.1, 0.15) is 17.6 Å². The molecule has 0 fully saturated rings. The molecule has 248 valence electrons. The second-order valence-electron chi connectivity index (χ2n) is 12.2. The van der Waals surface area contributed by atoms with Gasteiger partial charge in [-0.05, 0) is 65.8 Å². The predicted molar refractivity (Wildman–Crippen MR) is 181 cm³/mol. The van der Waals surface area contributed by atoms with Crippen molar-refractivity contribution in [3.8, 4) is 0 Å². The largest absolute Gasteiger partial charge is 0.478 e. The third-order valence-corrected chi connectivity index (χ3v) is 8.42. The molecule has 3 aromatic carbocycles. The number of benzene rings is 3. The molecule has 1 unspecified atom stereocenters. The van der Waals surface area contributed by atoms with Gasteiger partial charge in [-0.3, -0.25) is 14.4 Å². The van der Waals surface area contributed by atoms with Crippen molar-refractivity contribution in [1.82, 2.24) is 16.0 Å². The second-order valence-corrected chi connectivity index (χ2v) is 12.5. The second kappa shape index (κ2) is 15.6. The van der Waals surface area contributed by atoms with Crippen LogP contribution in [0.2, 0.25) is 0 Å². The van der Waals surface area contributed by atoms with Crippen molar-refractivity contribution in [2.24, 2.45) is 5.92 Å². The SMILES string of the molecule is CC(C)C[C@H](NC(=O)C1(Cc2cccc(C(=O)O)c2)Cc2ccccc2N1)C(=O)N[C@@H](CS)C(=O)NCCc1ccc(C(=O)O)cc1. The highest BCUT2D eigenvalue weighted by Crippen LogP contribution is 2.35. The van der Waals surface area contributed by atoms with Crippen molar-refractivity contribution in [2.45, 2.75) is 57.2 Å². The lowest BCUT2D eigenvalue weighted by atomic mass is 9.86. The molecule has 0 radical (unpaired) electrons. The van der Waals surface area contributed by atoms with E-state index in [9.17, 15) is 29.1 Å². The molecule has 1 aliphatic rings. The molecule has 0 aliphatic carbocycles. The van der Waals surface area contributed by atoms with Gasteiger partial charge in [0.25, 0.3) is 0 Å². The number of para-hydroxylation sites is 1. The van der Waals surface area contributed by atoms with Gasteiger partial charge in [0, 0.05) is 30.8 Å². The summed E-state index contributed by atoms with van der Waals surface area (Å²) in [7, 11) is 0. The van der Waals surface area contributed by atoms with Gasteiger partial charge in [0.2, 0.25) is 17.7 Å². The first-order valence-electron chi connectivity index (χ1n) is 15.4. The maximum Gasteiger partial charge on any atom is 0.335 e. The van der Waals surface area contributed by atoms with Gasteiger partial charge in [-0.25, -0.2) is 9.59 Å². The summed E-state index contributed by atoms with van der Waals surface area (Å²) in [5.41, 5.74) is 2.28. The maximum atomic E-state index is 14.2. The number of carbonyl (C=O) groups is 5. The fourth-order valence-corrected chi connectivity index (χ4v) is 5.90. The topological polar surface area (TPSA) is 174 Å². The maximum absolute atomic E-state index is 14.2. The molecule has 47 heavy (non-hydrogen) atoms. The summed E-state index contributed by atoms with van der Waals surface area (Å²) in [6.07, 6.45) is 1.26. The standard InChI is InChI=1S/C35H40N4O7S/c1-21(2)16-28(31(41)37-29(20-47)30(40)36-15-14-22-10-12-24(13-11-22)32(42)43)38-34(46)35(19-26-7-3-4-9-27(26)39-35)18-23-6-5-8-25(17-23)33(44)45/h3-13,17,21,28-29,39,47H,14-16,18-20H2,1-2H3,(H,36,40)(H,37,41)(H,38,46)(H,42,43)(H,44,45)/t28-,29-,35?/m0/s1. The van der Waals surface area contributed by atoms with Crippen LogP contribution in [0, 0.1) is 5.92 Å². The van der Waals surface area contributed by atoms with E-state index < -0.39 is 47.3 Å². The van der Waals surface area contributed by atoms with Crippen LogP contribution in [0.5, 0.6) is 0 Å². The van der Waals surface area contributed by atoms with E-state index in [-0.39, 0.29) is 35.8 Å². The average Bonchev–Trinajstić information content (AvgIpc) is 3.42. The molecule has 0 bridgehead atoms. The molecule has 1 aliphatic heterocycles. The molecule has 0 aromatic heterocycles. The molecule has 12 heteroatoms. The molecule has 3 atom stereocenters. The first kappa shape index (κ1) is 35.0. The number of fused-ring (bicyclic) bond motifs is 1. The zero-order chi connectivity index (χ0) is 34.1. The summed E-state index contributed by atoms with van der Waals surface area (Å²) < 4.78 is 0. The van der Waals surface area contributed by atoms with Crippen LogP contribution < -0.4 is 21.3 Å². The number of carbonyl (C=O) groups excluding carboxylic acids is 3. The van der Waals surface area contributed by atoms with Crippen molar-refractivity contribution >= 4 is 48.0 Å². The van der Waals surface area contributed by atoms with Crippen LogP contribution in [-0.4, -0.2) is 69.8 Å². The van der Waals surface area contributed by atoms with Crippen LogP contribution in [0.1, 0.15) is 57.7 Å². The van der Waals surface area contributed by atoms with Crippen LogP contribution in [0.25, 0.3) is 0 Å². The monoisotopic (exact) mass is 660 g/mol. The first-order chi connectivity index (χ1) is 22.4. The predicted octanol–water partition coefficient (Wildman–Crippen LogP) is 3.34. The Morgan fingerprint density at radius 1 is 0.830 bits per heavy atom. The number of nitrogens with one attached hydrogen (secondary N) is 4. The summed E-state index contributed by atoms with van der Waals surface area (Å²) in [4.78, 5) is 63.5. The average molecular weight is 661 g/mol. The van der Waals surface area contributed by atoms with Crippen molar-refractivity contribution in [3.05, 3.63) is 101 Å². The molecule has 4 rings (SSSR count). The molecule has 0 saturated carbocycles. The lowest BCUT2D eigenvalue weighted by Crippen LogP contribution is -2.60. The number of amides is 3. The Hall–Kier alpha value is -4.84. The van der Waals surface area contributed by atoms with E-state index in [1.165, 1.54) is 18.2 Å². The van der Waals surface area contributed by atoms with E-state index in [0.717, 1.165) is 16.8 Å². The Balaban J connectivity index is 1.46. The normalized spacial score (nSPS) is 16.3. The summed E-state index contributed by atoms with van der Waals surface area (Å²) in [6.45, 7) is 4.11. The van der Waals surface area contributed by atoms with Crippen LogP contribution >= 0.6 is 12.6 Å². The summed E-state index contributed by atoms with van der Waals surface area (Å²) in [5, 5.41) is 30.4. The lowest BCUT2D eigenvalue weighted by Gasteiger charge is -2.32. The number of thiol groups is 1. The quantitative estimate of drug-likeness (QED) is 0.122. The Morgan fingerprint density at radius 3 is 2.17 bits per heavy atom. The van der Waals surface area contributed by atoms with E-state index in [1.807, 2.05) is 38.1 Å². The minimum absolute atomic E-state index is 0.0218. The van der Waals surface area contributed by atoms with Gasteiger partial charge in [-0.2, -0.15) is 12.6 Å². The molecular formula is C35H40N4O7S. The van der Waals surface area contributed by atoms with Gasteiger partial charge in [-0.15, -0.1) is 0 Å². The smallest absolute Gasteiger partial charge is 0.335 e. The Labute approximate surface area is 278 Å². The van der Waals surface area contributed by atoms with Crippen molar-refractivity contribution < 1.29 is 34.2 Å². The van der Waals surface area contributed by atoms with Gasteiger partial charge in [-0.1, -0.05) is 56.3 Å². The van der Waals surface area contributed by atoms with Crippen molar-refractivity contribution in [3.63, 3.8) is 0 Å². The molecule has 0 spiro atoms. The van der Waals surface area contributed by atoms with Crippen LogP contribution in [0.15, 0.2) is 72.8 Å². The van der Waals surface area contributed by atoms with E-state index in [2.05, 4.69) is 33.9 Å². The number of rotatable bonds is 15. The minimum Gasteiger partial charge on any atom is -0.478 e. The number of anilines is 1. The highest BCUT2D eigenvalue weighted by atomic mass is 32.1. The molecular weight excluding hydrogens is 620 g/mol. The minimum atomic E-state index is -1.20. The molecule has 0 saturated heterocycles. The van der Waals surface area contributed by atoms with E-state index in [0.29, 0.717) is 24.8 Å². The fourth-order valence-electron chi connectivity index (χ4n) is 5.64. The molecule has 3 aromatic rings. The molecule has 1 heterocycles. The lowest BCUT2D eigenvalue weighted by molar-refractivity contribution is -0.133. The summed E-state index contributed by atoms with van der Waals surface area (Å²) >= 11 is 4.28. The van der Waals surface area contributed by atoms with E-state index >= 15 is 0 Å². The molecule has 6 N–H and O–H groups in total. The van der Waals surface area contributed by atoms with Gasteiger partial charge in [0.05, 0.1) is 11.1 Å².